The summed E-state index contributed by atoms with van der Waals surface area (Å²) in [5.74, 6) is -0.880. The molecular formula is C11H13BrFNO2. The van der Waals surface area contributed by atoms with Crippen LogP contribution in [0.4, 0.5) is 4.39 Å². The van der Waals surface area contributed by atoms with Gasteiger partial charge in [0.1, 0.15) is 5.82 Å². The maximum Gasteiger partial charge on any atom is 0.278 e. The number of carbonyl (C=O) groups excluding carboxylic acids is 1. The first kappa shape index (κ1) is 13.1. The Balaban J connectivity index is 2.66. The first-order valence-corrected chi connectivity index (χ1v) is 5.67. The molecule has 1 N–H and O–H groups in total. The van der Waals surface area contributed by atoms with Gasteiger partial charge in [0.15, 0.2) is 0 Å². The fraction of sp³-hybridized carbons (Fsp3) is 0.364. The minimum absolute atomic E-state index is 0.0498. The molecule has 1 aromatic carbocycles. The van der Waals surface area contributed by atoms with E-state index in [2.05, 4.69) is 21.4 Å². The largest absolute Gasteiger partial charge is 0.278 e. The maximum absolute atomic E-state index is 13.3. The monoisotopic (exact) mass is 289 g/mol. The van der Waals surface area contributed by atoms with Crippen molar-refractivity contribution in [2.75, 3.05) is 6.61 Å². The summed E-state index contributed by atoms with van der Waals surface area (Å²) in [6.07, 6.45) is 0. The molecule has 0 atom stereocenters. The van der Waals surface area contributed by atoms with Gasteiger partial charge in [0, 0.05) is 4.47 Å². The molecule has 0 heterocycles. The van der Waals surface area contributed by atoms with Crippen LogP contribution < -0.4 is 5.48 Å². The Labute approximate surface area is 102 Å². The molecule has 0 radical (unpaired) electrons. The van der Waals surface area contributed by atoms with E-state index in [1.807, 2.05) is 13.8 Å². The molecule has 5 heteroatoms. The van der Waals surface area contributed by atoms with Gasteiger partial charge in [-0.05, 0) is 34.0 Å². The van der Waals surface area contributed by atoms with Crippen LogP contribution >= 0.6 is 15.9 Å². The summed E-state index contributed by atoms with van der Waals surface area (Å²) in [4.78, 5) is 16.5. The van der Waals surface area contributed by atoms with Crippen molar-refractivity contribution < 1.29 is 14.0 Å². The smallest absolute Gasteiger partial charge is 0.273 e. The number of amides is 1. The van der Waals surface area contributed by atoms with Crippen molar-refractivity contribution in [1.82, 2.24) is 5.48 Å². The number of hydrogen-bond donors (Lipinski definition) is 1. The number of hydrogen-bond acceptors (Lipinski definition) is 2. The zero-order chi connectivity index (χ0) is 12.1. The Morgan fingerprint density at radius 1 is 1.56 bits per heavy atom. The van der Waals surface area contributed by atoms with Crippen molar-refractivity contribution in [3.05, 3.63) is 34.1 Å². The lowest BCUT2D eigenvalue weighted by atomic mass is 10.2. The van der Waals surface area contributed by atoms with Gasteiger partial charge >= 0.3 is 0 Å². The molecule has 1 rings (SSSR count). The van der Waals surface area contributed by atoms with E-state index in [4.69, 9.17) is 4.84 Å². The number of rotatable bonds is 4. The van der Waals surface area contributed by atoms with Crippen LogP contribution in [0, 0.1) is 11.7 Å². The molecule has 0 unspecified atom stereocenters. The van der Waals surface area contributed by atoms with E-state index < -0.39 is 11.7 Å². The predicted molar refractivity (Wildman–Crippen MR) is 62.4 cm³/mol. The van der Waals surface area contributed by atoms with E-state index in [0.717, 1.165) is 0 Å². The highest BCUT2D eigenvalue weighted by Gasteiger charge is 2.15. The normalized spacial score (nSPS) is 10.6. The maximum atomic E-state index is 13.3. The zero-order valence-corrected chi connectivity index (χ0v) is 10.7. The predicted octanol–water partition coefficient (Wildman–Crippen LogP) is 2.91. The lowest BCUT2D eigenvalue weighted by Crippen LogP contribution is -2.26. The molecule has 1 amide bonds. The average molecular weight is 290 g/mol. The van der Waals surface area contributed by atoms with Gasteiger partial charge in [0.25, 0.3) is 5.91 Å². The van der Waals surface area contributed by atoms with E-state index in [1.54, 1.807) is 6.07 Å². The third-order valence-electron chi connectivity index (χ3n) is 1.77. The number of halogens is 2. The standard InChI is InChI=1S/C11H13BrFNO2/c1-7(2)6-16-14-11(15)10-8(12)4-3-5-9(10)13/h3-5,7H,6H2,1-2H3,(H,14,15). The van der Waals surface area contributed by atoms with Gasteiger partial charge in [0.05, 0.1) is 12.2 Å². The van der Waals surface area contributed by atoms with Gasteiger partial charge in [-0.3, -0.25) is 9.63 Å². The van der Waals surface area contributed by atoms with E-state index in [0.29, 0.717) is 17.0 Å². The first-order valence-electron chi connectivity index (χ1n) is 4.88. The summed E-state index contributed by atoms with van der Waals surface area (Å²) < 4.78 is 13.7. The summed E-state index contributed by atoms with van der Waals surface area (Å²) in [7, 11) is 0. The van der Waals surface area contributed by atoms with Gasteiger partial charge < -0.3 is 0 Å². The molecule has 0 aliphatic heterocycles. The second-order valence-corrected chi connectivity index (χ2v) is 4.59. The van der Waals surface area contributed by atoms with Crippen molar-refractivity contribution in [3.63, 3.8) is 0 Å². The molecule has 0 saturated heterocycles. The summed E-state index contributed by atoms with van der Waals surface area (Å²) in [5, 5.41) is 0. The zero-order valence-electron chi connectivity index (χ0n) is 9.09. The van der Waals surface area contributed by atoms with Crippen LogP contribution in [0.3, 0.4) is 0 Å². The van der Waals surface area contributed by atoms with Crippen LogP contribution in [0.25, 0.3) is 0 Å². The van der Waals surface area contributed by atoms with Crippen molar-refractivity contribution in [2.24, 2.45) is 5.92 Å². The lowest BCUT2D eigenvalue weighted by molar-refractivity contribution is 0.0205. The Kier molecular flexibility index (Phi) is 4.89. The van der Waals surface area contributed by atoms with Gasteiger partial charge in [-0.1, -0.05) is 19.9 Å². The third kappa shape index (κ3) is 3.57. The summed E-state index contributed by atoms with van der Waals surface area (Å²) >= 11 is 3.11. The highest BCUT2D eigenvalue weighted by atomic mass is 79.9. The third-order valence-corrected chi connectivity index (χ3v) is 2.43. The fourth-order valence-electron chi connectivity index (χ4n) is 1.04. The van der Waals surface area contributed by atoms with Gasteiger partial charge in [-0.15, -0.1) is 0 Å². The van der Waals surface area contributed by atoms with Crippen LogP contribution in [-0.4, -0.2) is 12.5 Å². The van der Waals surface area contributed by atoms with Crippen molar-refractivity contribution >= 4 is 21.8 Å². The number of hydroxylamine groups is 1. The highest BCUT2D eigenvalue weighted by molar-refractivity contribution is 9.10. The SMILES string of the molecule is CC(C)CONC(=O)c1c(F)cccc1Br. The summed E-state index contributed by atoms with van der Waals surface area (Å²) in [6, 6.07) is 4.34. The molecule has 3 nitrogen and oxygen atoms in total. The molecule has 1 aromatic rings. The van der Waals surface area contributed by atoms with Gasteiger partial charge in [0.2, 0.25) is 0 Å². The van der Waals surface area contributed by atoms with Crippen LogP contribution in [-0.2, 0) is 4.84 Å². The van der Waals surface area contributed by atoms with Crippen LogP contribution in [0.1, 0.15) is 24.2 Å². The van der Waals surface area contributed by atoms with E-state index in [-0.39, 0.29) is 5.56 Å². The summed E-state index contributed by atoms with van der Waals surface area (Å²) in [6.45, 7) is 4.29. The number of benzene rings is 1. The minimum atomic E-state index is -0.592. The van der Waals surface area contributed by atoms with E-state index in [9.17, 15) is 9.18 Å². The second kappa shape index (κ2) is 5.96. The Morgan fingerprint density at radius 3 is 2.81 bits per heavy atom. The molecule has 0 bridgehead atoms. The Bertz CT molecular complexity index is 362. The summed E-state index contributed by atoms with van der Waals surface area (Å²) in [5.41, 5.74) is 2.15. The molecule has 0 aliphatic rings. The van der Waals surface area contributed by atoms with E-state index >= 15 is 0 Å². The molecule has 0 aromatic heterocycles. The quantitative estimate of drug-likeness (QED) is 0.866. The second-order valence-electron chi connectivity index (χ2n) is 3.73. The van der Waals surface area contributed by atoms with Crippen molar-refractivity contribution in [2.45, 2.75) is 13.8 Å². The fourth-order valence-corrected chi connectivity index (χ4v) is 1.56. The van der Waals surface area contributed by atoms with Gasteiger partial charge in [-0.2, -0.15) is 0 Å². The van der Waals surface area contributed by atoms with E-state index in [1.165, 1.54) is 12.1 Å². The lowest BCUT2D eigenvalue weighted by Gasteiger charge is -2.09. The molecule has 88 valence electrons. The molecule has 0 spiro atoms. The first-order chi connectivity index (χ1) is 7.52. The van der Waals surface area contributed by atoms with Crippen molar-refractivity contribution in [1.29, 1.82) is 0 Å². The van der Waals surface area contributed by atoms with Crippen LogP contribution in [0.2, 0.25) is 0 Å². The highest BCUT2D eigenvalue weighted by Crippen LogP contribution is 2.19. The number of nitrogens with one attached hydrogen (secondary N) is 1. The Hall–Kier alpha value is -0.940. The molecule has 0 aliphatic carbocycles. The molecule has 16 heavy (non-hydrogen) atoms. The number of carbonyl (C=O) groups is 1. The molecular weight excluding hydrogens is 277 g/mol. The molecule has 0 saturated carbocycles. The average Bonchev–Trinajstić information content (AvgIpc) is 2.16. The topological polar surface area (TPSA) is 38.3 Å². The minimum Gasteiger partial charge on any atom is -0.273 e. The molecule has 0 fully saturated rings. The van der Waals surface area contributed by atoms with Crippen LogP contribution in [0.15, 0.2) is 22.7 Å². The van der Waals surface area contributed by atoms with Crippen molar-refractivity contribution in [3.8, 4) is 0 Å². The van der Waals surface area contributed by atoms with Gasteiger partial charge in [-0.25, -0.2) is 9.87 Å². The Morgan fingerprint density at radius 2 is 2.25 bits per heavy atom. The van der Waals surface area contributed by atoms with Crippen LogP contribution in [0.5, 0.6) is 0 Å².